The number of hydrogen-bond acceptors (Lipinski definition) is 5. The zero-order valence-corrected chi connectivity index (χ0v) is 14.8. The summed E-state index contributed by atoms with van der Waals surface area (Å²) in [5.74, 6) is 0.0106. The quantitative estimate of drug-likeness (QED) is 0.779. The van der Waals surface area contributed by atoms with E-state index in [1.807, 2.05) is 31.5 Å². The van der Waals surface area contributed by atoms with E-state index in [0.717, 1.165) is 17.8 Å². The van der Waals surface area contributed by atoms with Crippen molar-refractivity contribution in [3.8, 4) is 6.07 Å². The Morgan fingerprint density at radius 2 is 2.18 bits per heavy atom. The number of thioether (sulfide) groups is 1. The largest absolute Gasteiger partial charge is 0.310 e. The first-order chi connectivity index (χ1) is 10.4. The van der Waals surface area contributed by atoms with Crippen molar-refractivity contribution in [3.05, 3.63) is 24.5 Å². The molecule has 2 heterocycles. The molecular weight excluding hydrogens is 334 g/mol. The Bertz CT molecular complexity index is 620. The summed E-state index contributed by atoms with van der Waals surface area (Å²) in [4.78, 5) is 14.6. The van der Waals surface area contributed by atoms with Crippen LogP contribution >= 0.6 is 36.2 Å². The molecule has 1 aliphatic rings. The predicted molar refractivity (Wildman–Crippen MR) is 96.8 cm³/mol. The van der Waals surface area contributed by atoms with E-state index < -0.39 is 4.75 Å². The van der Waals surface area contributed by atoms with Crippen LogP contribution in [-0.2, 0) is 4.79 Å². The van der Waals surface area contributed by atoms with Crippen molar-refractivity contribution < 1.29 is 4.79 Å². The number of amides is 1. The second-order valence-corrected chi connectivity index (χ2v) is 7.95. The highest BCUT2D eigenvalue weighted by Gasteiger charge is 2.30. The molecular formula is C15H17N3OS3. The number of aromatic nitrogens is 1. The zero-order valence-electron chi connectivity index (χ0n) is 12.3. The van der Waals surface area contributed by atoms with E-state index in [9.17, 15) is 10.1 Å². The highest BCUT2D eigenvalue weighted by atomic mass is 32.2. The van der Waals surface area contributed by atoms with Crippen molar-refractivity contribution in [1.82, 2.24) is 9.47 Å². The Morgan fingerprint density at radius 1 is 1.50 bits per heavy atom. The van der Waals surface area contributed by atoms with Crippen LogP contribution in [0.3, 0.4) is 0 Å². The van der Waals surface area contributed by atoms with Gasteiger partial charge in [0.25, 0.3) is 0 Å². The lowest BCUT2D eigenvalue weighted by Crippen LogP contribution is -2.32. The van der Waals surface area contributed by atoms with Gasteiger partial charge in [0, 0.05) is 31.8 Å². The molecule has 0 spiro atoms. The fourth-order valence-electron chi connectivity index (χ4n) is 2.22. The standard InChI is InChI=1S/C15H17N3OS3/c1-15(11-16,22-14(21)17-8-2-3-9-17)7-6-12(19)18-10-4-5-13(18)20/h2-3,8-9H,4-7,10H2,1H3. The first-order valence-corrected chi connectivity index (χ1v) is 8.69. The van der Waals surface area contributed by atoms with Gasteiger partial charge in [-0.3, -0.25) is 4.79 Å². The van der Waals surface area contributed by atoms with Crippen LogP contribution in [0.1, 0.15) is 32.6 Å². The molecule has 1 unspecified atom stereocenters. The SMILES string of the molecule is CC(C#N)(CCC(=O)N1CCCC1=S)SC(=S)n1cccc1. The van der Waals surface area contributed by atoms with Gasteiger partial charge in [-0.1, -0.05) is 36.2 Å². The average Bonchev–Trinajstić information content (AvgIpc) is 3.16. The molecule has 0 bridgehead atoms. The molecule has 1 atom stereocenters. The maximum atomic E-state index is 12.2. The van der Waals surface area contributed by atoms with Crippen molar-refractivity contribution in [2.45, 2.75) is 37.4 Å². The Morgan fingerprint density at radius 3 is 2.73 bits per heavy atom. The number of rotatable bonds is 4. The van der Waals surface area contributed by atoms with E-state index in [1.54, 1.807) is 9.47 Å². The van der Waals surface area contributed by atoms with Crippen molar-refractivity contribution in [1.29, 1.82) is 5.26 Å². The topological polar surface area (TPSA) is 49.0 Å². The van der Waals surface area contributed by atoms with Crippen LogP contribution in [0, 0.1) is 11.3 Å². The first-order valence-electron chi connectivity index (χ1n) is 7.06. The van der Waals surface area contributed by atoms with E-state index >= 15 is 0 Å². The third-order valence-electron chi connectivity index (χ3n) is 3.55. The molecule has 4 nitrogen and oxygen atoms in total. The van der Waals surface area contributed by atoms with Crippen molar-refractivity contribution in [2.75, 3.05) is 6.54 Å². The monoisotopic (exact) mass is 351 g/mol. The summed E-state index contributed by atoms with van der Waals surface area (Å²) in [6.07, 6.45) is 6.20. The summed E-state index contributed by atoms with van der Waals surface area (Å²) in [6.45, 7) is 2.53. The number of carbonyl (C=O) groups excluding carboxylic acids is 1. The number of hydrogen-bond donors (Lipinski definition) is 0. The average molecular weight is 352 g/mol. The first kappa shape index (κ1) is 17.1. The van der Waals surface area contributed by atoms with Crippen LogP contribution in [0.15, 0.2) is 24.5 Å². The predicted octanol–water partition coefficient (Wildman–Crippen LogP) is 3.37. The number of nitrogens with zero attached hydrogens (tertiary/aromatic N) is 3. The van der Waals surface area contributed by atoms with Gasteiger partial charge in [0.1, 0.15) is 9.07 Å². The molecule has 1 aromatic heterocycles. The van der Waals surface area contributed by atoms with Crippen LogP contribution in [0.2, 0.25) is 0 Å². The molecule has 2 rings (SSSR count). The Labute approximate surface area is 145 Å². The zero-order chi connectivity index (χ0) is 16.2. The summed E-state index contributed by atoms with van der Waals surface area (Å²) in [7, 11) is 0. The highest BCUT2D eigenvalue weighted by Crippen LogP contribution is 2.32. The molecule has 22 heavy (non-hydrogen) atoms. The minimum Gasteiger partial charge on any atom is -0.310 e. The van der Waals surface area contributed by atoms with Gasteiger partial charge in [-0.15, -0.1) is 0 Å². The number of carbonyl (C=O) groups is 1. The minimum absolute atomic E-state index is 0.0106. The van der Waals surface area contributed by atoms with Gasteiger partial charge in [0.2, 0.25) is 5.91 Å². The van der Waals surface area contributed by atoms with E-state index in [1.165, 1.54) is 11.8 Å². The van der Waals surface area contributed by atoms with Crippen LogP contribution < -0.4 is 0 Å². The molecule has 1 aliphatic heterocycles. The van der Waals surface area contributed by atoms with E-state index in [-0.39, 0.29) is 5.91 Å². The maximum absolute atomic E-state index is 12.2. The third-order valence-corrected chi connectivity index (χ3v) is 5.57. The van der Waals surface area contributed by atoms with E-state index in [0.29, 0.717) is 23.7 Å². The molecule has 0 radical (unpaired) electrons. The van der Waals surface area contributed by atoms with Gasteiger partial charge in [0.05, 0.1) is 11.1 Å². The molecule has 7 heteroatoms. The molecule has 1 saturated heterocycles. The second kappa shape index (κ2) is 7.36. The summed E-state index contributed by atoms with van der Waals surface area (Å²) >= 11 is 11.9. The second-order valence-electron chi connectivity index (χ2n) is 5.34. The van der Waals surface area contributed by atoms with Crippen LogP contribution in [0.25, 0.3) is 0 Å². The third kappa shape index (κ3) is 4.15. The highest BCUT2D eigenvalue weighted by molar-refractivity contribution is 8.24. The van der Waals surface area contributed by atoms with Gasteiger partial charge < -0.3 is 9.47 Å². The van der Waals surface area contributed by atoms with Crippen LogP contribution in [0.5, 0.6) is 0 Å². The summed E-state index contributed by atoms with van der Waals surface area (Å²) < 4.78 is 1.68. The normalized spacial score (nSPS) is 17.1. The van der Waals surface area contributed by atoms with Crippen molar-refractivity contribution in [2.24, 2.45) is 0 Å². The smallest absolute Gasteiger partial charge is 0.227 e. The van der Waals surface area contributed by atoms with Crippen molar-refractivity contribution in [3.63, 3.8) is 0 Å². The van der Waals surface area contributed by atoms with Crippen LogP contribution in [0.4, 0.5) is 0 Å². The Kier molecular flexibility index (Phi) is 5.73. The molecule has 1 amide bonds. The fraction of sp³-hybridized carbons (Fsp3) is 0.467. The lowest BCUT2D eigenvalue weighted by molar-refractivity contribution is -0.127. The molecule has 1 fully saturated rings. The maximum Gasteiger partial charge on any atom is 0.227 e. The molecule has 0 saturated carbocycles. The fourth-order valence-corrected chi connectivity index (χ4v) is 4.10. The Hall–Kier alpha value is -1.23. The lowest BCUT2D eigenvalue weighted by Gasteiger charge is -2.23. The van der Waals surface area contributed by atoms with Gasteiger partial charge in [-0.05, 0) is 31.9 Å². The van der Waals surface area contributed by atoms with Gasteiger partial charge in [-0.25, -0.2) is 0 Å². The number of nitriles is 1. The molecule has 0 aromatic carbocycles. The van der Waals surface area contributed by atoms with Crippen LogP contribution in [-0.4, -0.2) is 36.0 Å². The summed E-state index contributed by atoms with van der Waals surface area (Å²) in [5.41, 5.74) is 0. The van der Waals surface area contributed by atoms with Crippen molar-refractivity contribution >= 4 is 51.4 Å². The number of thiocarbonyl (C=S) groups is 2. The molecule has 0 aliphatic carbocycles. The molecule has 116 valence electrons. The Balaban J connectivity index is 1.93. The number of likely N-dealkylation sites (tertiary alicyclic amines) is 1. The minimum atomic E-state index is -0.724. The lowest BCUT2D eigenvalue weighted by atomic mass is 10.1. The van der Waals surface area contributed by atoms with Gasteiger partial charge in [0.15, 0.2) is 0 Å². The van der Waals surface area contributed by atoms with E-state index in [2.05, 4.69) is 6.07 Å². The molecule has 0 N–H and O–H groups in total. The summed E-state index contributed by atoms with van der Waals surface area (Å²) in [5, 5.41) is 9.47. The van der Waals surface area contributed by atoms with Gasteiger partial charge >= 0.3 is 0 Å². The van der Waals surface area contributed by atoms with Gasteiger partial charge in [-0.2, -0.15) is 5.26 Å². The molecule has 1 aromatic rings. The van der Waals surface area contributed by atoms with E-state index in [4.69, 9.17) is 24.4 Å². The summed E-state index contributed by atoms with van der Waals surface area (Å²) in [6, 6.07) is 6.05.